The van der Waals surface area contributed by atoms with Crippen LogP contribution in [0.4, 0.5) is 0 Å². The molecule has 21 aliphatic rings. The number of fused-ring (bicyclic) bond motifs is 35. The maximum atomic E-state index is 2.62. The topological polar surface area (TPSA) is 0 Å². The van der Waals surface area contributed by atoms with E-state index >= 15 is 0 Å². The Morgan fingerprint density at radius 3 is 1.28 bits per heavy atom. The molecule has 0 heteroatoms. The Morgan fingerprint density at radius 2 is 0.705 bits per heavy atom. The van der Waals surface area contributed by atoms with E-state index in [1.165, 1.54) is 199 Å². The van der Waals surface area contributed by atoms with E-state index in [0.717, 1.165) is 112 Å². The Hall–Kier alpha value is 0. The zero-order chi connectivity index (χ0) is 66.5. The van der Waals surface area contributed by atoms with Gasteiger partial charge in [-0.1, -0.05) is 207 Å². The minimum atomic E-state index is 0.665. The molecule has 0 amide bonds. The summed E-state index contributed by atoms with van der Waals surface area (Å²) < 4.78 is 0. The van der Waals surface area contributed by atoms with E-state index in [1.807, 2.05) is 0 Å². The molecular formula is C95H162. The molecule has 0 aromatic heterocycles. The fraction of sp³-hybridized carbons (Fsp3) is 1.00. The first-order valence-electron chi connectivity index (χ1n) is 45.2. The molecule has 0 aromatic carbocycles. The zero-order valence-corrected chi connectivity index (χ0v) is 66.5. The van der Waals surface area contributed by atoms with E-state index < -0.39 is 0 Å². The van der Waals surface area contributed by atoms with Crippen LogP contribution in [0.25, 0.3) is 0 Å². The zero-order valence-electron chi connectivity index (χ0n) is 66.5. The first-order valence-corrected chi connectivity index (χ1v) is 45.2. The Labute approximate surface area is 592 Å². The molecule has 0 heterocycles. The van der Waals surface area contributed by atoms with E-state index in [-0.39, 0.29) is 0 Å². The van der Waals surface area contributed by atoms with Gasteiger partial charge in [0, 0.05) is 0 Å². The Bertz CT molecular complexity index is 2570. The Balaban J connectivity index is 0.0000000915. The molecular weight excluding hydrogens is 1140 g/mol. The largest absolute Gasteiger partial charge is 0.0649 e. The molecule has 0 spiro atoms. The standard InChI is InChI=1S/C16H26.C15H24.C14H22.C14H26.C12H20.2C12H22/c1-9(2)16(3)8-12-7-13(16)15-11-5-4-10(6-11)14(12)15;1-3-15(2)8-11-7-12(15)14-10-5-4-9(6-10)13(11)14;1-14(2)7-10-6-11(14)13-9-4-3-8(5-9)12(10)13;1-11(2)14(3)9-8-12-6-4-5-7-13(12)10-14;1-12(2)7-8-6-11(12)10-5-3-4-9(8)10;1-12(2)9-5-7-10-6-3-4-8-11(10)12;1-12(2)8-7-10-5-3-4-6-11(10)9-12/h9-15H,4-8H2,1-3H3;9-14H,3-8H2,1-2H3;8-13H,3-7H2,1-2H3;11-13H,4-10H2,1-3H3;8-11H,3-7H2,1-2H3;2*10-11H,3-9H2,1-2H3. The maximum absolute atomic E-state index is 2.62. The summed E-state index contributed by atoms with van der Waals surface area (Å²) >= 11 is 0. The second kappa shape index (κ2) is 26.9. The molecule has 0 aliphatic heterocycles. The van der Waals surface area contributed by atoms with E-state index in [1.54, 1.807) is 141 Å². The fourth-order valence-corrected chi connectivity index (χ4v) is 34.6. The number of rotatable bonds is 3. The van der Waals surface area contributed by atoms with Gasteiger partial charge in [0.05, 0.1) is 0 Å². The van der Waals surface area contributed by atoms with Gasteiger partial charge in [0.2, 0.25) is 0 Å². The van der Waals surface area contributed by atoms with Crippen LogP contribution >= 0.6 is 0 Å². The SMILES string of the molecule is CC(C)C1(C)CC2CC1C1C3CCC(C3)C21.CC(C)C1(C)CCC2CCCCC2C1.CC1(C)CC2CC1C1C3CCC(C3)C21.CC1(C)CC2CC1C1CCCC21.CC1(C)CCC2CCCCC2C1.CC1(C)CCCC2CCCCC21.CCC1(C)CC2CC1C1C3CCC(C3)C21. The third kappa shape index (κ3) is 12.9. The lowest BCUT2D eigenvalue weighted by molar-refractivity contribution is 0.0145. The van der Waals surface area contributed by atoms with Gasteiger partial charge in [-0.2, -0.15) is 0 Å². The summed E-state index contributed by atoms with van der Waals surface area (Å²) in [5, 5.41) is 0. The van der Waals surface area contributed by atoms with Crippen LogP contribution in [0.1, 0.15) is 380 Å². The molecule has 21 aliphatic carbocycles. The van der Waals surface area contributed by atoms with Crippen LogP contribution in [-0.4, -0.2) is 0 Å². The molecule has 21 rings (SSSR count). The second-order valence-corrected chi connectivity index (χ2v) is 46.2. The normalized spacial score (nSPS) is 53.5. The molecule has 95 heavy (non-hydrogen) atoms. The van der Waals surface area contributed by atoms with Gasteiger partial charge in [0.25, 0.3) is 0 Å². The highest BCUT2D eigenvalue weighted by atomic mass is 14.7. The summed E-state index contributed by atoms with van der Waals surface area (Å²) in [6, 6.07) is 0. The van der Waals surface area contributed by atoms with Crippen molar-refractivity contribution in [3.05, 3.63) is 0 Å². The lowest BCUT2D eigenvalue weighted by Crippen LogP contribution is -2.41. The molecule has 31 atom stereocenters. The smallest absolute Gasteiger partial charge is 0.0269 e. The fourth-order valence-electron chi connectivity index (χ4n) is 34.6. The number of hydrogen-bond donors (Lipinski definition) is 0. The van der Waals surface area contributed by atoms with Gasteiger partial charge < -0.3 is 0 Å². The molecule has 21 saturated carbocycles. The first kappa shape index (κ1) is 70.7. The van der Waals surface area contributed by atoms with Crippen molar-refractivity contribution in [3.63, 3.8) is 0 Å². The summed E-state index contributed by atoms with van der Waals surface area (Å²) in [6.45, 7) is 40.0. The van der Waals surface area contributed by atoms with Gasteiger partial charge in [-0.3, -0.25) is 0 Å². The van der Waals surface area contributed by atoms with E-state index in [0.29, 0.717) is 32.5 Å². The van der Waals surface area contributed by atoms with Crippen molar-refractivity contribution >= 4 is 0 Å². The third-order valence-electron chi connectivity index (χ3n) is 39.7. The van der Waals surface area contributed by atoms with Gasteiger partial charge in [0.15, 0.2) is 0 Å². The molecule has 21 fully saturated rings. The van der Waals surface area contributed by atoms with Crippen molar-refractivity contribution in [1.82, 2.24) is 0 Å². The first-order chi connectivity index (χ1) is 45.2. The van der Waals surface area contributed by atoms with Gasteiger partial charge in [0.1, 0.15) is 0 Å². The molecule has 31 unspecified atom stereocenters. The summed E-state index contributed by atoms with van der Waals surface area (Å²) in [7, 11) is 0. The van der Waals surface area contributed by atoms with Gasteiger partial charge >= 0.3 is 0 Å². The van der Waals surface area contributed by atoms with Crippen LogP contribution in [0.3, 0.4) is 0 Å². The molecule has 542 valence electrons. The second-order valence-electron chi connectivity index (χ2n) is 46.2. The lowest BCUT2D eigenvalue weighted by atomic mass is 9.58. The monoisotopic (exact) mass is 1300 g/mol. The van der Waals surface area contributed by atoms with Crippen molar-refractivity contribution in [2.24, 2.45) is 215 Å². The highest BCUT2D eigenvalue weighted by Crippen LogP contribution is 2.76. The van der Waals surface area contributed by atoms with Gasteiger partial charge in [-0.15, -0.1) is 0 Å². The van der Waals surface area contributed by atoms with E-state index in [9.17, 15) is 0 Å². The molecule has 0 nitrogen and oxygen atoms in total. The number of hydrogen-bond acceptors (Lipinski definition) is 0. The average Bonchev–Trinajstić information content (AvgIpc) is 1.55. The van der Waals surface area contributed by atoms with Crippen molar-refractivity contribution in [3.8, 4) is 0 Å². The summed E-state index contributed by atoms with van der Waals surface area (Å²) in [5.41, 5.74) is 4.86. The minimum absolute atomic E-state index is 0.665. The third-order valence-corrected chi connectivity index (χ3v) is 39.7. The molecule has 0 radical (unpaired) electrons. The summed E-state index contributed by atoms with van der Waals surface area (Å²) in [4.78, 5) is 0. The summed E-state index contributed by atoms with van der Waals surface area (Å²) in [6.07, 6.45) is 65.1. The Kier molecular flexibility index (Phi) is 20.0. The molecule has 0 N–H and O–H groups in total. The van der Waals surface area contributed by atoms with E-state index in [2.05, 4.69) is 111 Å². The maximum Gasteiger partial charge on any atom is -0.0269 e. The van der Waals surface area contributed by atoms with Crippen LogP contribution in [0.5, 0.6) is 0 Å². The van der Waals surface area contributed by atoms with Crippen molar-refractivity contribution in [2.45, 2.75) is 380 Å². The van der Waals surface area contributed by atoms with Gasteiger partial charge in [-0.05, 0) is 389 Å². The highest BCUT2D eigenvalue weighted by Gasteiger charge is 2.68. The van der Waals surface area contributed by atoms with Crippen molar-refractivity contribution in [2.75, 3.05) is 0 Å². The summed E-state index contributed by atoms with van der Waals surface area (Å²) in [5.74, 6) is 33.9. The molecule has 14 bridgehead atoms. The molecule has 0 aromatic rings. The quantitative estimate of drug-likeness (QED) is 0.247. The van der Waals surface area contributed by atoms with Crippen molar-refractivity contribution in [1.29, 1.82) is 0 Å². The van der Waals surface area contributed by atoms with Crippen LogP contribution in [0, 0.1) is 215 Å². The van der Waals surface area contributed by atoms with Crippen LogP contribution in [-0.2, 0) is 0 Å². The van der Waals surface area contributed by atoms with E-state index in [4.69, 9.17) is 0 Å². The van der Waals surface area contributed by atoms with Crippen LogP contribution in [0.2, 0.25) is 0 Å². The molecule has 0 saturated heterocycles. The highest BCUT2D eigenvalue weighted by molar-refractivity contribution is 5.17. The van der Waals surface area contributed by atoms with Crippen molar-refractivity contribution < 1.29 is 0 Å². The predicted molar refractivity (Wildman–Crippen MR) is 406 cm³/mol. The van der Waals surface area contributed by atoms with Crippen LogP contribution in [0.15, 0.2) is 0 Å². The predicted octanol–water partition coefficient (Wildman–Crippen LogP) is 28.3. The lowest BCUT2D eigenvalue weighted by Gasteiger charge is -2.47. The Morgan fingerprint density at radius 1 is 0.263 bits per heavy atom. The van der Waals surface area contributed by atoms with Gasteiger partial charge in [-0.25, -0.2) is 0 Å². The van der Waals surface area contributed by atoms with Crippen LogP contribution < -0.4 is 0 Å². The minimum Gasteiger partial charge on any atom is -0.0649 e. The average molecular weight is 1300 g/mol.